The molecule has 2 aromatic heterocycles. The van der Waals surface area contributed by atoms with Crippen LogP contribution in [0.2, 0.25) is 0 Å². The molecule has 1 unspecified atom stereocenters. The van der Waals surface area contributed by atoms with Gasteiger partial charge in [-0.25, -0.2) is 4.39 Å². The van der Waals surface area contributed by atoms with Crippen LogP contribution in [0.25, 0.3) is 0 Å². The van der Waals surface area contributed by atoms with E-state index in [0.717, 1.165) is 11.3 Å². The van der Waals surface area contributed by atoms with Crippen molar-refractivity contribution >= 4 is 0 Å². The third-order valence-corrected chi connectivity index (χ3v) is 2.53. The minimum absolute atomic E-state index is 0.391. The molecule has 0 aliphatic rings. The molecule has 0 saturated carbocycles. The van der Waals surface area contributed by atoms with Crippen LogP contribution >= 0.6 is 0 Å². The summed E-state index contributed by atoms with van der Waals surface area (Å²) in [4.78, 5) is 3.70. The van der Waals surface area contributed by atoms with E-state index in [-0.39, 0.29) is 0 Å². The highest BCUT2D eigenvalue weighted by Gasteiger charge is 2.17. The van der Waals surface area contributed by atoms with Gasteiger partial charge in [0.15, 0.2) is 0 Å². The molecule has 16 heavy (non-hydrogen) atoms. The Morgan fingerprint density at radius 3 is 2.75 bits per heavy atom. The Kier molecular flexibility index (Phi) is 2.70. The number of hydrogen-bond acceptors (Lipinski definition) is 3. The van der Waals surface area contributed by atoms with Gasteiger partial charge in [0.1, 0.15) is 5.82 Å². The summed E-state index contributed by atoms with van der Waals surface area (Å²) >= 11 is 0. The van der Waals surface area contributed by atoms with Crippen LogP contribution in [0, 0.1) is 12.7 Å². The largest absolute Gasteiger partial charge is 0.320 e. The second kappa shape index (κ2) is 4.02. The number of rotatable bonds is 2. The lowest BCUT2D eigenvalue weighted by Crippen LogP contribution is -2.14. The maximum absolute atomic E-state index is 13.5. The zero-order valence-corrected chi connectivity index (χ0v) is 9.18. The summed E-state index contributed by atoms with van der Waals surface area (Å²) in [5.41, 5.74) is 8.08. The van der Waals surface area contributed by atoms with Crippen molar-refractivity contribution in [3.8, 4) is 0 Å². The van der Waals surface area contributed by atoms with E-state index in [1.807, 2.05) is 14.0 Å². The van der Waals surface area contributed by atoms with Gasteiger partial charge in [0.05, 0.1) is 17.9 Å². The minimum atomic E-state index is -0.503. The number of aryl methyl sites for hydroxylation is 2. The molecule has 84 valence electrons. The summed E-state index contributed by atoms with van der Waals surface area (Å²) in [5, 5.41) is 4.19. The zero-order valence-electron chi connectivity index (χ0n) is 9.18. The molecule has 1 atom stereocenters. The van der Waals surface area contributed by atoms with Gasteiger partial charge >= 0.3 is 0 Å². The fourth-order valence-corrected chi connectivity index (χ4v) is 1.73. The van der Waals surface area contributed by atoms with Gasteiger partial charge in [-0.2, -0.15) is 5.10 Å². The lowest BCUT2D eigenvalue weighted by molar-refractivity contribution is 0.593. The molecule has 0 amide bonds. The molecule has 2 aromatic rings. The molecular formula is C11H13FN4. The summed E-state index contributed by atoms with van der Waals surface area (Å²) in [6, 6.07) is 1.09. The van der Waals surface area contributed by atoms with Crippen molar-refractivity contribution in [3.63, 3.8) is 0 Å². The standard InChI is InChI=1S/C11H13FN4/c1-7-9(6-16(2)15-7)11(13)8-3-4-14-5-10(8)12/h3-6,11H,13H2,1-2H3. The molecule has 0 radical (unpaired) electrons. The van der Waals surface area contributed by atoms with Crippen LogP contribution in [-0.4, -0.2) is 14.8 Å². The predicted octanol–water partition coefficient (Wildman–Crippen LogP) is 1.31. The Morgan fingerprint density at radius 1 is 1.44 bits per heavy atom. The quantitative estimate of drug-likeness (QED) is 0.830. The van der Waals surface area contributed by atoms with Crippen molar-refractivity contribution in [3.05, 3.63) is 47.3 Å². The highest BCUT2D eigenvalue weighted by atomic mass is 19.1. The van der Waals surface area contributed by atoms with E-state index in [0.29, 0.717) is 5.56 Å². The third kappa shape index (κ3) is 1.81. The maximum Gasteiger partial charge on any atom is 0.146 e. The van der Waals surface area contributed by atoms with E-state index < -0.39 is 11.9 Å². The van der Waals surface area contributed by atoms with E-state index >= 15 is 0 Å². The average Bonchev–Trinajstić information content (AvgIpc) is 2.58. The van der Waals surface area contributed by atoms with Gasteiger partial charge in [-0.15, -0.1) is 0 Å². The molecule has 5 heteroatoms. The number of aromatic nitrogens is 3. The molecule has 2 heterocycles. The molecule has 0 bridgehead atoms. The first-order valence-electron chi connectivity index (χ1n) is 4.94. The Morgan fingerprint density at radius 2 is 2.19 bits per heavy atom. The highest BCUT2D eigenvalue weighted by molar-refractivity contribution is 5.31. The second-order valence-corrected chi connectivity index (χ2v) is 3.72. The van der Waals surface area contributed by atoms with Crippen LogP contribution in [-0.2, 0) is 7.05 Å². The van der Waals surface area contributed by atoms with E-state index in [1.165, 1.54) is 12.4 Å². The number of halogens is 1. The summed E-state index contributed by atoms with van der Waals surface area (Å²) < 4.78 is 15.2. The minimum Gasteiger partial charge on any atom is -0.320 e. The highest BCUT2D eigenvalue weighted by Crippen LogP contribution is 2.23. The molecule has 2 N–H and O–H groups in total. The van der Waals surface area contributed by atoms with Crippen LogP contribution < -0.4 is 5.73 Å². The molecule has 4 nitrogen and oxygen atoms in total. The van der Waals surface area contributed by atoms with Gasteiger partial charge in [-0.3, -0.25) is 9.67 Å². The van der Waals surface area contributed by atoms with Gasteiger partial charge in [0.2, 0.25) is 0 Å². The lowest BCUT2D eigenvalue weighted by Gasteiger charge is -2.11. The summed E-state index contributed by atoms with van der Waals surface area (Å²) in [6.07, 6.45) is 4.50. The van der Waals surface area contributed by atoms with Crippen LogP contribution in [0.1, 0.15) is 22.9 Å². The first kappa shape index (κ1) is 10.8. The summed E-state index contributed by atoms with van der Waals surface area (Å²) in [5.74, 6) is -0.391. The zero-order chi connectivity index (χ0) is 11.7. The molecular weight excluding hydrogens is 207 g/mol. The Balaban J connectivity index is 2.43. The van der Waals surface area contributed by atoms with Gasteiger partial charge in [-0.1, -0.05) is 0 Å². The fourth-order valence-electron chi connectivity index (χ4n) is 1.73. The molecule has 0 aliphatic heterocycles. The second-order valence-electron chi connectivity index (χ2n) is 3.72. The molecule has 0 aliphatic carbocycles. The average molecular weight is 220 g/mol. The maximum atomic E-state index is 13.5. The number of pyridine rings is 1. The van der Waals surface area contributed by atoms with Gasteiger partial charge in [-0.05, 0) is 13.0 Å². The van der Waals surface area contributed by atoms with Crippen LogP contribution in [0.3, 0.4) is 0 Å². The smallest absolute Gasteiger partial charge is 0.146 e. The molecule has 0 fully saturated rings. The van der Waals surface area contributed by atoms with Crippen LogP contribution in [0.4, 0.5) is 4.39 Å². The fraction of sp³-hybridized carbons (Fsp3) is 0.273. The summed E-state index contributed by atoms with van der Waals surface area (Å²) in [6.45, 7) is 1.86. The number of hydrogen-bond donors (Lipinski definition) is 1. The Bertz CT molecular complexity index is 506. The first-order chi connectivity index (χ1) is 7.59. The van der Waals surface area contributed by atoms with Gasteiger partial charge in [0, 0.05) is 30.6 Å². The molecule has 0 saturated heterocycles. The van der Waals surface area contributed by atoms with E-state index in [9.17, 15) is 4.39 Å². The number of nitrogens with two attached hydrogens (primary N) is 1. The number of nitrogens with zero attached hydrogens (tertiary/aromatic N) is 3. The van der Waals surface area contributed by atoms with E-state index in [1.54, 1.807) is 16.9 Å². The van der Waals surface area contributed by atoms with Crippen molar-refractivity contribution in [1.29, 1.82) is 0 Å². The normalized spacial score (nSPS) is 12.8. The van der Waals surface area contributed by atoms with Gasteiger partial charge in [0.25, 0.3) is 0 Å². The molecule has 0 spiro atoms. The van der Waals surface area contributed by atoms with Crippen molar-refractivity contribution in [1.82, 2.24) is 14.8 Å². The third-order valence-electron chi connectivity index (χ3n) is 2.53. The molecule has 2 rings (SSSR count). The summed E-state index contributed by atoms with van der Waals surface area (Å²) in [7, 11) is 1.81. The van der Waals surface area contributed by atoms with E-state index in [4.69, 9.17) is 5.73 Å². The molecule has 0 aromatic carbocycles. The van der Waals surface area contributed by atoms with Crippen molar-refractivity contribution in [2.75, 3.05) is 0 Å². The van der Waals surface area contributed by atoms with Crippen molar-refractivity contribution < 1.29 is 4.39 Å². The lowest BCUT2D eigenvalue weighted by atomic mass is 10.0. The monoisotopic (exact) mass is 220 g/mol. The Hall–Kier alpha value is -1.75. The topological polar surface area (TPSA) is 56.7 Å². The SMILES string of the molecule is Cc1nn(C)cc1C(N)c1ccncc1F. The predicted molar refractivity (Wildman–Crippen MR) is 58.2 cm³/mol. The van der Waals surface area contributed by atoms with E-state index in [2.05, 4.69) is 10.1 Å². The Labute approximate surface area is 92.9 Å². The van der Waals surface area contributed by atoms with Crippen LogP contribution in [0.5, 0.6) is 0 Å². The van der Waals surface area contributed by atoms with Gasteiger partial charge < -0.3 is 5.73 Å². The van der Waals surface area contributed by atoms with Crippen molar-refractivity contribution in [2.24, 2.45) is 12.8 Å². The van der Waals surface area contributed by atoms with Crippen LogP contribution in [0.15, 0.2) is 24.7 Å². The van der Waals surface area contributed by atoms with Crippen molar-refractivity contribution in [2.45, 2.75) is 13.0 Å². The first-order valence-corrected chi connectivity index (χ1v) is 4.94.